The first-order valence-corrected chi connectivity index (χ1v) is 5.26. The average Bonchev–Trinajstić information content (AvgIpc) is 2.67. The summed E-state index contributed by atoms with van der Waals surface area (Å²) in [5.74, 6) is 0.685. The van der Waals surface area contributed by atoms with E-state index in [4.69, 9.17) is 11.6 Å². The number of nitrogens with one attached hydrogen (secondary N) is 1. The van der Waals surface area contributed by atoms with Crippen LogP contribution in [0.15, 0.2) is 12.1 Å². The van der Waals surface area contributed by atoms with E-state index in [1.54, 1.807) is 0 Å². The summed E-state index contributed by atoms with van der Waals surface area (Å²) < 4.78 is 0. The van der Waals surface area contributed by atoms with E-state index in [1.807, 2.05) is 19.1 Å². The second kappa shape index (κ2) is 3.79. The fraction of sp³-hybridized carbons (Fsp3) is 0.455. The van der Waals surface area contributed by atoms with Gasteiger partial charge in [0.2, 0.25) is 0 Å². The van der Waals surface area contributed by atoms with E-state index in [0.29, 0.717) is 10.9 Å². The highest BCUT2D eigenvalue weighted by molar-refractivity contribution is 6.33. The van der Waals surface area contributed by atoms with Crippen LogP contribution in [0, 0.1) is 6.92 Å². The van der Waals surface area contributed by atoms with Gasteiger partial charge in [-0.1, -0.05) is 23.7 Å². The van der Waals surface area contributed by atoms with Crippen molar-refractivity contribution in [3.63, 3.8) is 0 Å². The predicted molar refractivity (Wildman–Crippen MR) is 58.1 cm³/mol. The largest absolute Gasteiger partial charge is 0.506 e. The molecule has 1 unspecified atom stereocenters. The Hall–Kier alpha value is -0.730. The Bertz CT molecular complexity index is 345. The van der Waals surface area contributed by atoms with Crippen molar-refractivity contribution in [2.75, 3.05) is 13.1 Å². The van der Waals surface area contributed by atoms with Crippen molar-refractivity contribution in [2.24, 2.45) is 0 Å². The maximum absolute atomic E-state index is 9.70. The molecule has 1 atom stereocenters. The number of halogens is 1. The third-order valence-corrected chi connectivity index (χ3v) is 3.25. The zero-order chi connectivity index (χ0) is 10.1. The molecule has 1 heterocycles. The Morgan fingerprint density at radius 1 is 1.50 bits per heavy atom. The second-order valence-electron chi connectivity index (χ2n) is 3.82. The molecule has 0 bridgehead atoms. The lowest BCUT2D eigenvalue weighted by atomic mass is 9.97. The zero-order valence-electron chi connectivity index (χ0n) is 8.18. The van der Waals surface area contributed by atoms with Gasteiger partial charge in [-0.2, -0.15) is 0 Å². The van der Waals surface area contributed by atoms with Gasteiger partial charge in [0.05, 0.1) is 5.02 Å². The minimum atomic E-state index is 0.232. The summed E-state index contributed by atoms with van der Waals surface area (Å²) in [5, 5.41) is 13.5. The van der Waals surface area contributed by atoms with E-state index in [-0.39, 0.29) is 5.75 Å². The number of benzene rings is 1. The molecule has 0 radical (unpaired) electrons. The molecular formula is C11H14ClNO. The molecule has 0 spiro atoms. The molecule has 2 nitrogen and oxygen atoms in total. The van der Waals surface area contributed by atoms with E-state index < -0.39 is 0 Å². The Balaban J connectivity index is 2.38. The third kappa shape index (κ3) is 1.60. The summed E-state index contributed by atoms with van der Waals surface area (Å²) in [7, 11) is 0. The van der Waals surface area contributed by atoms with E-state index in [2.05, 4.69) is 5.32 Å². The summed E-state index contributed by atoms with van der Waals surface area (Å²) in [6, 6.07) is 3.95. The predicted octanol–water partition coefficient (Wildman–Crippen LogP) is 2.43. The van der Waals surface area contributed by atoms with Crippen molar-refractivity contribution in [1.82, 2.24) is 5.32 Å². The molecule has 0 aliphatic carbocycles. The molecule has 0 amide bonds. The van der Waals surface area contributed by atoms with Crippen molar-refractivity contribution in [3.05, 3.63) is 28.3 Å². The van der Waals surface area contributed by atoms with Crippen LogP contribution >= 0.6 is 11.6 Å². The van der Waals surface area contributed by atoms with Crippen LogP contribution in [0.5, 0.6) is 5.75 Å². The average molecular weight is 212 g/mol. The fourth-order valence-corrected chi connectivity index (χ4v) is 2.28. The summed E-state index contributed by atoms with van der Waals surface area (Å²) in [6.07, 6.45) is 1.10. The summed E-state index contributed by atoms with van der Waals surface area (Å²) in [5.41, 5.74) is 1.91. The minimum absolute atomic E-state index is 0.232. The van der Waals surface area contributed by atoms with E-state index >= 15 is 0 Å². The molecule has 0 aromatic heterocycles. The van der Waals surface area contributed by atoms with Crippen LogP contribution in [0.3, 0.4) is 0 Å². The number of hydrogen-bond acceptors (Lipinski definition) is 2. The van der Waals surface area contributed by atoms with Crippen LogP contribution in [0.4, 0.5) is 0 Å². The maximum Gasteiger partial charge on any atom is 0.137 e. The van der Waals surface area contributed by atoms with Crippen LogP contribution in [0.1, 0.15) is 23.5 Å². The van der Waals surface area contributed by atoms with Gasteiger partial charge in [-0.3, -0.25) is 0 Å². The molecule has 3 heteroatoms. The molecule has 1 aliphatic rings. The van der Waals surface area contributed by atoms with Gasteiger partial charge >= 0.3 is 0 Å². The first-order chi connectivity index (χ1) is 6.70. The minimum Gasteiger partial charge on any atom is -0.506 e. The van der Waals surface area contributed by atoms with E-state index in [9.17, 15) is 5.11 Å². The van der Waals surface area contributed by atoms with Crippen LogP contribution in [0.25, 0.3) is 0 Å². The van der Waals surface area contributed by atoms with Crippen LogP contribution in [-0.4, -0.2) is 18.2 Å². The van der Waals surface area contributed by atoms with Gasteiger partial charge < -0.3 is 10.4 Å². The van der Waals surface area contributed by atoms with Crippen molar-refractivity contribution in [3.8, 4) is 5.75 Å². The van der Waals surface area contributed by atoms with Gasteiger partial charge in [0.1, 0.15) is 5.75 Å². The summed E-state index contributed by atoms with van der Waals surface area (Å²) >= 11 is 6.10. The first kappa shape index (κ1) is 9.81. The Morgan fingerprint density at radius 2 is 2.29 bits per heavy atom. The number of aromatic hydroxyl groups is 1. The van der Waals surface area contributed by atoms with Gasteiger partial charge in [-0.25, -0.2) is 0 Å². The van der Waals surface area contributed by atoms with Crippen LogP contribution in [0.2, 0.25) is 5.02 Å². The SMILES string of the molecule is Cc1ccc(C2CCNC2)c(Cl)c1O. The van der Waals surface area contributed by atoms with E-state index in [1.165, 1.54) is 0 Å². The summed E-state index contributed by atoms with van der Waals surface area (Å²) in [4.78, 5) is 0. The molecule has 1 aromatic carbocycles. The van der Waals surface area contributed by atoms with Gasteiger partial charge in [-0.05, 0) is 36.9 Å². The van der Waals surface area contributed by atoms with Crippen LogP contribution in [-0.2, 0) is 0 Å². The lowest BCUT2D eigenvalue weighted by Crippen LogP contribution is -2.08. The Morgan fingerprint density at radius 3 is 2.93 bits per heavy atom. The molecule has 14 heavy (non-hydrogen) atoms. The number of hydrogen-bond donors (Lipinski definition) is 2. The van der Waals surface area contributed by atoms with Gasteiger partial charge in [0.25, 0.3) is 0 Å². The molecule has 1 fully saturated rings. The highest BCUT2D eigenvalue weighted by Crippen LogP contribution is 2.36. The van der Waals surface area contributed by atoms with Crippen molar-refractivity contribution < 1.29 is 5.11 Å². The quantitative estimate of drug-likeness (QED) is 0.748. The topological polar surface area (TPSA) is 32.3 Å². The molecule has 1 saturated heterocycles. The fourth-order valence-electron chi connectivity index (χ4n) is 1.91. The van der Waals surface area contributed by atoms with Crippen molar-refractivity contribution >= 4 is 11.6 Å². The van der Waals surface area contributed by atoms with Gasteiger partial charge in [0, 0.05) is 6.54 Å². The molecule has 1 aromatic rings. The smallest absolute Gasteiger partial charge is 0.137 e. The lowest BCUT2D eigenvalue weighted by molar-refractivity contribution is 0.470. The Labute approximate surface area is 88.9 Å². The highest BCUT2D eigenvalue weighted by atomic mass is 35.5. The zero-order valence-corrected chi connectivity index (χ0v) is 8.93. The molecule has 0 saturated carbocycles. The monoisotopic (exact) mass is 211 g/mol. The lowest BCUT2D eigenvalue weighted by Gasteiger charge is -2.13. The first-order valence-electron chi connectivity index (χ1n) is 4.89. The number of rotatable bonds is 1. The van der Waals surface area contributed by atoms with Crippen molar-refractivity contribution in [2.45, 2.75) is 19.3 Å². The molecular weight excluding hydrogens is 198 g/mol. The molecule has 2 rings (SSSR count). The molecule has 76 valence electrons. The Kier molecular flexibility index (Phi) is 2.66. The number of phenols is 1. The van der Waals surface area contributed by atoms with Crippen molar-refractivity contribution in [1.29, 1.82) is 0 Å². The van der Waals surface area contributed by atoms with Gasteiger partial charge in [-0.15, -0.1) is 0 Å². The maximum atomic E-state index is 9.70. The van der Waals surface area contributed by atoms with E-state index in [0.717, 1.165) is 30.6 Å². The second-order valence-corrected chi connectivity index (χ2v) is 4.20. The third-order valence-electron chi connectivity index (χ3n) is 2.85. The molecule has 2 N–H and O–H groups in total. The van der Waals surface area contributed by atoms with Crippen LogP contribution < -0.4 is 5.32 Å². The molecule has 1 aliphatic heterocycles. The van der Waals surface area contributed by atoms with Gasteiger partial charge in [0.15, 0.2) is 0 Å². The summed E-state index contributed by atoms with van der Waals surface area (Å²) in [6.45, 7) is 3.86. The number of aryl methyl sites for hydroxylation is 1. The highest BCUT2D eigenvalue weighted by Gasteiger charge is 2.20. The normalized spacial score (nSPS) is 21.4. The standard InChI is InChI=1S/C11H14ClNO/c1-7-2-3-9(10(12)11(7)14)8-4-5-13-6-8/h2-3,8,13-14H,4-6H2,1H3. The number of phenolic OH excluding ortho intramolecular Hbond substituents is 1.